The molecule has 1 N–H and O–H groups in total. The zero-order valence-electron chi connectivity index (χ0n) is 11.0. The van der Waals surface area contributed by atoms with E-state index in [1.807, 2.05) is 12.3 Å². The van der Waals surface area contributed by atoms with Crippen molar-refractivity contribution in [2.24, 2.45) is 0 Å². The third-order valence-corrected chi connectivity index (χ3v) is 4.06. The Labute approximate surface area is 110 Å². The average Bonchev–Trinajstić information content (AvgIpc) is 3.13. The minimum absolute atomic E-state index is 0.731. The van der Waals surface area contributed by atoms with Crippen LogP contribution in [0.5, 0.6) is 0 Å². The summed E-state index contributed by atoms with van der Waals surface area (Å²) in [6.07, 6.45) is 8.49. The van der Waals surface area contributed by atoms with E-state index in [9.17, 15) is 0 Å². The molecule has 0 radical (unpaired) electrons. The van der Waals surface area contributed by atoms with E-state index >= 15 is 0 Å². The molecular weight excluding hydrogens is 222 g/mol. The molecule has 98 valence electrons. The van der Waals surface area contributed by atoms with Crippen LogP contribution >= 0.6 is 0 Å². The highest BCUT2D eigenvalue weighted by molar-refractivity contribution is 5.04. The Bertz CT molecular complexity index is 355. The molecule has 0 bridgehead atoms. The van der Waals surface area contributed by atoms with Crippen LogP contribution in [0.2, 0.25) is 0 Å². The smallest absolute Gasteiger partial charge is 0.0416 e. The van der Waals surface area contributed by atoms with E-state index in [-0.39, 0.29) is 0 Å². The van der Waals surface area contributed by atoms with Gasteiger partial charge in [0.05, 0.1) is 0 Å². The van der Waals surface area contributed by atoms with Crippen LogP contribution in [0.4, 0.5) is 0 Å². The third kappa shape index (κ3) is 3.30. The molecule has 2 heterocycles. The summed E-state index contributed by atoms with van der Waals surface area (Å²) in [7, 11) is 0. The van der Waals surface area contributed by atoms with Crippen molar-refractivity contribution in [3.05, 3.63) is 30.1 Å². The van der Waals surface area contributed by atoms with Gasteiger partial charge < -0.3 is 5.32 Å². The predicted octanol–water partition coefficient (Wildman–Crippen LogP) is 1.84. The molecule has 2 aliphatic rings. The lowest BCUT2D eigenvalue weighted by Gasteiger charge is -2.25. The molecule has 1 unspecified atom stereocenters. The fourth-order valence-electron chi connectivity index (χ4n) is 2.86. The van der Waals surface area contributed by atoms with Gasteiger partial charge in [-0.2, -0.15) is 0 Å². The van der Waals surface area contributed by atoms with Crippen molar-refractivity contribution in [2.45, 2.75) is 44.2 Å². The maximum Gasteiger partial charge on any atom is 0.0416 e. The van der Waals surface area contributed by atoms with Gasteiger partial charge in [-0.05, 0) is 44.4 Å². The standard InChI is InChI=1S/C15H23N3/c1-2-9-16-13(4-1)8-11-18(15-6-7-15)12-14-5-3-10-17-14/h1-2,4,9,14-15,17H,3,5-8,10-12H2. The molecule has 1 atom stereocenters. The summed E-state index contributed by atoms with van der Waals surface area (Å²) in [5.74, 6) is 0. The highest BCUT2D eigenvalue weighted by Gasteiger charge is 2.30. The van der Waals surface area contributed by atoms with Gasteiger partial charge in [-0.3, -0.25) is 9.88 Å². The highest BCUT2D eigenvalue weighted by atomic mass is 15.2. The van der Waals surface area contributed by atoms with Gasteiger partial charge in [-0.15, -0.1) is 0 Å². The third-order valence-electron chi connectivity index (χ3n) is 4.06. The van der Waals surface area contributed by atoms with E-state index in [4.69, 9.17) is 0 Å². The SMILES string of the molecule is c1ccc(CCN(CC2CCCN2)C2CC2)nc1. The monoisotopic (exact) mass is 245 g/mol. The van der Waals surface area contributed by atoms with E-state index < -0.39 is 0 Å². The summed E-state index contributed by atoms with van der Waals surface area (Å²) < 4.78 is 0. The second-order valence-corrected chi connectivity index (χ2v) is 5.59. The van der Waals surface area contributed by atoms with Crippen molar-refractivity contribution < 1.29 is 0 Å². The Morgan fingerprint density at radius 3 is 2.89 bits per heavy atom. The molecule has 3 heteroatoms. The van der Waals surface area contributed by atoms with E-state index in [0.717, 1.165) is 18.5 Å². The molecule has 0 aromatic carbocycles. The van der Waals surface area contributed by atoms with Crippen molar-refractivity contribution >= 4 is 0 Å². The first-order valence-electron chi connectivity index (χ1n) is 7.29. The Hall–Kier alpha value is -0.930. The Morgan fingerprint density at radius 1 is 1.28 bits per heavy atom. The summed E-state index contributed by atoms with van der Waals surface area (Å²) in [4.78, 5) is 7.10. The van der Waals surface area contributed by atoms with Crippen LogP contribution in [0.25, 0.3) is 0 Å². The fourth-order valence-corrected chi connectivity index (χ4v) is 2.86. The highest BCUT2D eigenvalue weighted by Crippen LogP contribution is 2.27. The van der Waals surface area contributed by atoms with E-state index in [1.165, 1.54) is 51.0 Å². The largest absolute Gasteiger partial charge is 0.313 e. The van der Waals surface area contributed by atoms with Gasteiger partial charge in [0.25, 0.3) is 0 Å². The number of rotatable bonds is 6. The van der Waals surface area contributed by atoms with Crippen LogP contribution in [0.15, 0.2) is 24.4 Å². The lowest BCUT2D eigenvalue weighted by Crippen LogP contribution is -2.39. The van der Waals surface area contributed by atoms with Crippen LogP contribution in [0.1, 0.15) is 31.4 Å². The lowest BCUT2D eigenvalue weighted by atomic mass is 10.2. The zero-order chi connectivity index (χ0) is 12.2. The van der Waals surface area contributed by atoms with E-state index in [2.05, 4.69) is 27.3 Å². The Kier molecular flexibility index (Phi) is 3.91. The van der Waals surface area contributed by atoms with E-state index in [1.54, 1.807) is 0 Å². The lowest BCUT2D eigenvalue weighted by molar-refractivity contribution is 0.241. The number of hydrogen-bond donors (Lipinski definition) is 1. The minimum Gasteiger partial charge on any atom is -0.313 e. The average molecular weight is 245 g/mol. The number of aromatic nitrogens is 1. The van der Waals surface area contributed by atoms with Gasteiger partial charge in [0.1, 0.15) is 0 Å². The molecule has 0 spiro atoms. The number of hydrogen-bond acceptors (Lipinski definition) is 3. The van der Waals surface area contributed by atoms with Crippen molar-refractivity contribution in [2.75, 3.05) is 19.6 Å². The van der Waals surface area contributed by atoms with Gasteiger partial charge in [0, 0.05) is 43.5 Å². The normalized spacial score (nSPS) is 23.7. The molecule has 18 heavy (non-hydrogen) atoms. The van der Waals surface area contributed by atoms with Gasteiger partial charge >= 0.3 is 0 Å². The summed E-state index contributed by atoms with van der Waals surface area (Å²) >= 11 is 0. The van der Waals surface area contributed by atoms with Crippen LogP contribution in [-0.2, 0) is 6.42 Å². The van der Waals surface area contributed by atoms with Crippen LogP contribution in [0.3, 0.4) is 0 Å². The molecule has 1 saturated heterocycles. The van der Waals surface area contributed by atoms with Crippen LogP contribution in [0, 0.1) is 0 Å². The molecule has 2 fully saturated rings. The second-order valence-electron chi connectivity index (χ2n) is 5.59. The fraction of sp³-hybridized carbons (Fsp3) is 0.667. The van der Waals surface area contributed by atoms with Crippen LogP contribution < -0.4 is 5.32 Å². The molecule has 1 aliphatic carbocycles. The van der Waals surface area contributed by atoms with Crippen molar-refractivity contribution in [3.63, 3.8) is 0 Å². The van der Waals surface area contributed by atoms with Crippen molar-refractivity contribution in [1.82, 2.24) is 15.2 Å². The minimum atomic E-state index is 0.731. The molecule has 1 aromatic heterocycles. The van der Waals surface area contributed by atoms with Gasteiger partial charge in [0.15, 0.2) is 0 Å². The van der Waals surface area contributed by atoms with Gasteiger partial charge in [-0.1, -0.05) is 6.07 Å². The first-order chi connectivity index (χ1) is 8.92. The number of nitrogens with zero attached hydrogens (tertiary/aromatic N) is 2. The first-order valence-corrected chi connectivity index (χ1v) is 7.29. The van der Waals surface area contributed by atoms with Crippen molar-refractivity contribution in [3.8, 4) is 0 Å². The zero-order valence-corrected chi connectivity index (χ0v) is 11.0. The Morgan fingerprint density at radius 2 is 2.22 bits per heavy atom. The van der Waals surface area contributed by atoms with Crippen molar-refractivity contribution in [1.29, 1.82) is 0 Å². The molecule has 3 nitrogen and oxygen atoms in total. The molecule has 1 saturated carbocycles. The van der Waals surface area contributed by atoms with Gasteiger partial charge in [0.2, 0.25) is 0 Å². The number of nitrogens with one attached hydrogen (secondary N) is 1. The second kappa shape index (κ2) is 5.81. The summed E-state index contributed by atoms with van der Waals surface area (Å²) in [5, 5.41) is 3.61. The summed E-state index contributed by atoms with van der Waals surface area (Å²) in [6.45, 7) is 3.61. The predicted molar refractivity (Wildman–Crippen MR) is 73.6 cm³/mol. The maximum absolute atomic E-state index is 4.42. The molecule has 1 aliphatic heterocycles. The number of pyridine rings is 1. The quantitative estimate of drug-likeness (QED) is 0.829. The molecule has 3 rings (SSSR count). The summed E-state index contributed by atoms with van der Waals surface area (Å²) in [5.41, 5.74) is 1.22. The summed E-state index contributed by atoms with van der Waals surface area (Å²) in [6, 6.07) is 7.80. The Balaban J connectivity index is 1.50. The van der Waals surface area contributed by atoms with Crippen LogP contribution in [-0.4, -0.2) is 41.6 Å². The van der Waals surface area contributed by atoms with E-state index in [0.29, 0.717) is 0 Å². The molecule has 1 aromatic rings. The first kappa shape index (κ1) is 12.1. The molecular formula is C15H23N3. The topological polar surface area (TPSA) is 28.2 Å². The maximum atomic E-state index is 4.42. The van der Waals surface area contributed by atoms with Gasteiger partial charge in [-0.25, -0.2) is 0 Å². The molecule has 0 amide bonds.